The molecule has 0 saturated carbocycles. The number of hydrogen-bond acceptors (Lipinski definition) is 5. The van der Waals surface area contributed by atoms with Gasteiger partial charge < -0.3 is 9.47 Å². The smallest absolute Gasteiger partial charge is 0.280 e. The van der Waals surface area contributed by atoms with Gasteiger partial charge in [0.15, 0.2) is 6.10 Å². The second kappa shape index (κ2) is 10.2. The Kier molecular flexibility index (Phi) is 6.72. The van der Waals surface area contributed by atoms with Crippen molar-refractivity contribution < 1.29 is 14.3 Å². The summed E-state index contributed by atoms with van der Waals surface area (Å²) in [5.74, 6) is 0.951. The molecule has 0 spiro atoms. The Bertz CT molecular complexity index is 1200. The number of para-hydroxylation sites is 1. The summed E-state index contributed by atoms with van der Waals surface area (Å²) in [6.07, 6.45) is 2.60. The Balaban J connectivity index is 1.29. The van der Waals surface area contributed by atoms with E-state index in [4.69, 9.17) is 9.47 Å². The lowest BCUT2D eigenvalue weighted by Gasteiger charge is -2.13. The van der Waals surface area contributed by atoms with Crippen molar-refractivity contribution in [3.05, 3.63) is 102 Å². The summed E-state index contributed by atoms with van der Waals surface area (Å²) < 4.78 is 11.5. The van der Waals surface area contributed by atoms with E-state index in [2.05, 4.69) is 15.5 Å². The van der Waals surface area contributed by atoms with E-state index in [1.54, 1.807) is 31.5 Å². The molecule has 6 heteroatoms. The molecule has 0 aliphatic carbocycles. The summed E-state index contributed by atoms with van der Waals surface area (Å²) in [5, 5.41) is 5.07. The highest BCUT2D eigenvalue weighted by Crippen LogP contribution is 2.20. The molecule has 6 nitrogen and oxygen atoms in total. The fourth-order valence-corrected chi connectivity index (χ4v) is 3.10. The van der Waals surface area contributed by atoms with Gasteiger partial charge in [-0.1, -0.05) is 54.6 Å². The number of hydrogen-bond donors (Lipinski definition) is 1. The molecule has 4 rings (SSSR count). The summed E-state index contributed by atoms with van der Waals surface area (Å²) in [5.41, 5.74) is 5.26. The molecule has 160 valence electrons. The molecular weight excluding hydrogens is 402 g/mol. The maximum Gasteiger partial charge on any atom is 0.280 e. The van der Waals surface area contributed by atoms with Gasteiger partial charge in [-0.25, -0.2) is 5.43 Å². The van der Waals surface area contributed by atoms with Crippen LogP contribution in [0.5, 0.6) is 11.5 Å². The number of carbonyl (C=O) groups excluding carboxylic acids is 1. The fraction of sp³-hybridized carbons (Fsp3) is 0.115. The Morgan fingerprint density at radius 3 is 2.53 bits per heavy atom. The summed E-state index contributed by atoms with van der Waals surface area (Å²) in [4.78, 5) is 16.7. The highest BCUT2D eigenvalue weighted by Gasteiger charge is 2.14. The van der Waals surface area contributed by atoms with Gasteiger partial charge in [0, 0.05) is 17.1 Å². The Morgan fingerprint density at radius 2 is 1.72 bits per heavy atom. The topological polar surface area (TPSA) is 72.8 Å². The van der Waals surface area contributed by atoms with Gasteiger partial charge in [0.2, 0.25) is 0 Å². The number of pyridine rings is 1. The second-order valence-corrected chi connectivity index (χ2v) is 7.16. The van der Waals surface area contributed by atoms with Crippen LogP contribution in [0.15, 0.2) is 96.2 Å². The van der Waals surface area contributed by atoms with Gasteiger partial charge in [-0.2, -0.15) is 5.10 Å². The van der Waals surface area contributed by atoms with E-state index in [1.165, 1.54) is 0 Å². The van der Waals surface area contributed by atoms with Crippen molar-refractivity contribution in [2.24, 2.45) is 5.10 Å². The average Bonchev–Trinajstić information content (AvgIpc) is 2.84. The molecule has 1 aromatic heterocycles. The molecule has 1 amide bonds. The van der Waals surface area contributed by atoms with Crippen molar-refractivity contribution in [1.82, 2.24) is 10.4 Å². The SMILES string of the molecule is CC(Oc1ccc(OCc2ccccc2)cc1)C(=O)N/N=C/c1cccc2cccnc12. The minimum atomic E-state index is -0.714. The second-order valence-electron chi connectivity index (χ2n) is 7.16. The van der Waals surface area contributed by atoms with Crippen LogP contribution in [0.4, 0.5) is 0 Å². The van der Waals surface area contributed by atoms with Crippen LogP contribution < -0.4 is 14.9 Å². The first kappa shape index (κ1) is 21.1. The monoisotopic (exact) mass is 425 g/mol. The van der Waals surface area contributed by atoms with Crippen molar-refractivity contribution in [2.75, 3.05) is 0 Å². The molecule has 0 bridgehead atoms. The van der Waals surface area contributed by atoms with Gasteiger partial charge in [0.05, 0.1) is 11.7 Å². The number of fused-ring (bicyclic) bond motifs is 1. The van der Waals surface area contributed by atoms with Crippen molar-refractivity contribution in [1.29, 1.82) is 0 Å². The normalized spacial score (nSPS) is 11.9. The van der Waals surface area contributed by atoms with Gasteiger partial charge in [-0.3, -0.25) is 9.78 Å². The average molecular weight is 425 g/mol. The van der Waals surface area contributed by atoms with E-state index in [0.29, 0.717) is 12.4 Å². The van der Waals surface area contributed by atoms with E-state index in [-0.39, 0.29) is 5.91 Å². The number of carbonyl (C=O) groups is 1. The zero-order valence-electron chi connectivity index (χ0n) is 17.6. The van der Waals surface area contributed by atoms with Crippen LogP contribution in [0.1, 0.15) is 18.1 Å². The van der Waals surface area contributed by atoms with Crippen molar-refractivity contribution in [3.8, 4) is 11.5 Å². The molecule has 3 aromatic carbocycles. The van der Waals surface area contributed by atoms with Crippen molar-refractivity contribution in [2.45, 2.75) is 19.6 Å². The van der Waals surface area contributed by atoms with Crippen LogP contribution >= 0.6 is 0 Å². The van der Waals surface area contributed by atoms with Crippen molar-refractivity contribution >= 4 is 23.0 Å². The van der Waals surface area contributed by atoms with E-state index in [0.717, 1.165) is 27.8 Å². The molecule has 0 aliphatic heterocycles. The first-order chi connectivity index (χ1) is 15.7. The lowest BCUT2D eigenvalue weighted by atomic mass is 10.1. The number of ether oxygens (including phenoxy) is 2. The third-order valence-electron chi connectivity index (χ3n) is 4.80. The highest BCUT2D eigenvalue weighted by atomic mass is 16.5. The Morgan fingerprint density at radius 1 is 0.969 bits per heavy atom. The summed E-state index contributed by atoms with van der Waals surface area (Å²) >= 11 is 0. The lowest BCUT2D eigenvalue weighted by molar-refractivity contribution is -0.127. The Hall–Kier alpha value is -4.19. The minimum absolute atomic E-state index is 0.348. The predicted octanol–water partition coefficient (Wildman–Crippen LogP) is 4.73. The lowest BCUT2D eigenvalue weighted by Crippen LogP contribution is -2.33. The first-order valence-electron chi connectivity index (χ1n) is 10.3. The molecule has 1 atom stereocenters. The van der Waals surface area contributed by atoms with E-state index >= 15 is 0 Å². The molecular formula is C26H23N3O3. The number of aromatic nitrogens is 1. The molecule has 0 saturated heterocycles. The van der Waals surface area contributed by atoms with Crippen LogP contribution in [-0.2, 0) is 11.4 Å². The number of nitrogens with one attached hydrogen (secondary N) is 1. The largest absolute Gasteiger partial charge is 0.489 e. The molecule has 1 heterocycles. The molecule has 1 N–H and O–H groups in total. The van der Waals surface area contributed by atoms with Gasteiger partial charge in [0.1, 0.15) is 18.1 Å². The summed E-state index contributed by atoms with van der Waals surface area (Å²) in [6.45, 7) is 2.16. The number of rotatable bonds is 8. The Labute approximate surface area is 186 Å². The van der Waals surface area contributed by atoms with E-state index < -0.39 is 6.10 Å². The molecule has 4 aromatic rings. The summed E-state index contributed by atoms with van der Waals surface area (Å²) in [7, 11) is 0. The fourth-order valence-electron chi connectivity index (χ4n) is 3.10. The highest BCUT2D eigenvalue weighted by molar-refractivity contribution is 5.97. The van der Waals surface area contributed by atoms with Crippen LogP contribution in [0.25, 0.3) is 10.9 Å². The van der Waals surface area contributed by atoms with E-state index in [1.807, 2.05) is 72.8 Å². The standard InChI is InChI=1S/C26H23N3O3/c1-19(26(30)29-28-17-22-10-5-9-21-11-6-16-27-25(21)22)32-24-14-12-23(13-15-24)31-18-20-7-3-2-4-8-20/h2-17,19H,18H2,1H3,(H,29,30)/b28-17+. The zero-order valence-corrected chi connectivity index (χ0v) is 17.6. The van der Waals surface area contributed by atoms with Gasteiger partial charge >= 0.3 is 0 Å². The molecule has 0 aliphatic rings. The maximum atomic E-state index is 12.3. The minimum Gasteiger partial charge on any atom is -0.489 e. The summed E-state index contributed by atoms with van der Waals surface area (Å²) in [6, 6.07) is 26.8. The maximum absolute atomic E-state index is 12.3. The van der Waals surface area contributed by atoms with E-state index in [9.17, 15) is 4.79 Å². The molecule has 1 unspecified atom stereocenters. The molecule has 0 radical (unpaired) electrons. The van der Waals surface area contributed by atoms with Crippen molar-refractivity contribution in [3.63, 3.8) is 0 Å². The quantitative estimate of drug-likeness (QED) is 0.327. The number of benzene rings is 3. The van der Waals surface area contributed by atoms with Gasteiger partial charge in [0.25, 0.3) is 5.91 Å². The van der Waals surface area contributed by atoms with Crippen LogP contribution in [0.2, 0.25) is 0 Å². The zero-order chi connectivity index (χ0) is 22.2. The number of amides is 1. The molecule has 0 fully saturated rings. The number of hydrazone groups is 1. The van der Waals surface area contributed by atoms with Gasteiger partial charge in [-0.05, 0) is 42.8 Å². The first-order valence-corrected chi connectivity index (χ1v) is 10.3. The predicted molar refractivity (Wildman–Crippen MR) is 125 cm³/mol. The van der Waals surface area contributed by atoms with Gasteiger partial charge in [-0.15, -0.1) is 0 Å². The molecule has 32 heavy (non-hydrogen) atoms. The van der Waals surface area contributed by atoms with Crippen LogP contribution in [-0.4, -0.2) is 23.2 Å². The van der Waals surface area contributed by atoms with Crippen LogP contribution in [0.3, 0.4) is 0 Å². The third kappa shape index (κ3) is 5.49. The number of nitrogens with zero attached hydrogens (tertiary/aromatic N) is 2. The van der Waals surface area contributed by atoms with Crippen LogP contribution in [0, 0.1) is 0 Å². The third-order valence-corrected chi connectivity index (χ3v) is 4.80.